The molecule has 0 unspecified atom stereocenters. The van der Waals surface area contributed by atoms with Gasteiger partial charge in [0.2, 0.25) is 5.03 Å². The predicted molar refractivity (Wildman–Crippen MR) is 62.8 cm³/mol. The van der Waals surface area contributed by atoms with Gasteiger partial charge in [-0.25, -0.2) is 17.8 Å². The molecule has 8 nitrogen and oxygen atoms in total. The van der Waals surface area contributed by atoms with Crippen LogP contribution in [0.2, 0.25) is 0 Å². The summed E-state index contributed by atoms with van der Waals surface area (Å²) in [6.45, 7) is 0. The molecule has 0 aromatic carbocycles. The van der Waals surface area contributed by atoms with Crippen molar-refractivity contribution < 1.29 is 32.6 Å². The lowest BCUT2D eigenvalue weighted by Crippen LogP contribution is -2.41. The Morgan fingerprint density at radius 2 is 2.05 bits per heavy atom. The standard InChI is InChI=1S/C10H11FN2O6S/c11-6-2-1-5-12-9(6)20(18,19)13-7(10(16)17)3-4-8(14)15/h1-2,5,7,13H,3-4H2,(H,14,15)(H,16,17)/t7-/m0/s1. The summed E-state index contributed by atoms with van der Waals surface area (Å²) in [7, 11) is -4.49. The van der Waals surface area contributed by atoms with Crippen molar-refractivity contribution in [3.05, 3.63) is 24.1 Å². The number of halogens is 1. The Bertz CT molecular complexity index is 618. The van der Waals surface area contributed by atoms with E-state index < -0.39 is 51.7 Å². The fourth-order valence-corrected chi connectivity index (χ4v) is 2.54. The molecule has 0 aliphatic heterocycles. The number of hydrogen-bond donors (Lipinski definition) is 3. The lowest BCUT2D eigenvalue weighted by atomic mass is 10.2. The van der Waals surface area contributed by atoms with Crippen LogP contribution in [-0.4, -0.2) is 41.6 Å². The number of nitrogens with zero attached hydrogens (tertiary/aromatic N) is 1. The number of carboxylic acid groups (broad SMARTS) is 2. The highest BCUT2D eigenvalue weighted by atomic mass is 32.2. The van der Waals surface area contributed by atoms with Crippen LogP contribution >= 0.6 is 0 Å². The first-order valence-electron chi connectivity index (χ1n) is 5.31. The van der Waals surface area contributed by atoms with Gasteiger partial charge in [0.1, 0.15) is 6.04 Å². The second-order valence-corrected chi connectivity index (χ2v) is 5.36. The van der Waals surface area contributed by atoms with Crippen LogP contribution in [0.25, 0.3) is 0 Å². The molecule has 0 aliphatic rings. The largest absolute Gasteiger partial charge is 0.481 e. The maximum absolute atomic E-state index is 13.3. The summed E-state index contributed by atoms with van der Waals surface area (Å²) < 4.78 is 38.6. The van der Waals surface area contributed by atoms with E-state index >= 15 is 0 Å². The Morgan fingerprint density at radius 3 is 2.55 bits per heavy atom. The third kappa shape index (κ3) is 4.24. The van der Waals surface area contributed by atoms with Crippen molar-refractivity contribution in [3.63, 3.8) is 0 Å². The van der Waals surface area contributed by atoms with Gasteiger partial charge in [0, 0.05) is 12.6 Å². The molecule has 1 heterocycles. The second kappa shape index (κ2) is 6.39. The molecule has 0 amide bonds. The number of aliphatic carboxylic acids is 2. The van der Waals surface area contributed by atoms with Gasteiger partial charge in [0.15, 0.2) is 5.82 Å². The monoisotopic (exact) mass is 306 g/mol. The summed E-state index contributed by atoms with van der Waals surface area (Å²) >= 11 is 0. The molecule has 1 atom stereocenters. The molecular formula is C10H11FN2O6S. The van der Waals surface area contributed by atoms with Crippen molar-refractivity contribution in [1.82, 2.24) is 9.71 Å². The SMILES string of the molecule is O=C(O)CC[C@H](NS(=O)(=O)c1ncccc1F)C(=O)O. The van der Waals surface area contributed by atoms with Gasteiger partial charge in [-0.3, -0.25) is 9.59 Å². The Kier molecular flexibility index (Phi) is 5.11. The fraction of sp³-hybridized carbons (Fsp3) is 0.300. The summed E-state index contributed by atoms with van der Waals surface area (Å²) in [4.78, 5) is 24.6. The summed E-state index contributed by atoms with van der Waals surface area (Å²) in [6.07, 6.45) is 0.00715. The van der Waals surface area contributed by atoms with Crippen molar-refractivity contribution in [3.8, 4) is 0 Å². The van der Waals surface area contributed by atoms with Gasteiger partial charge in [-0.1, -0.05) is 0 Å². The van der Waals surface area contributed by atoms with Crippen LogP contribution in [0.5, 0.6) is 0 Å². The molecule has 10 heteroatoms. The summed E-state index contributed by atoms with van der Waals surface area (Å²) in [6, 6.07) is 0.347. The van der Waals surface area contributed by atoms with E-state index in [1.165, 1.54) is 6.07 Å². The molecule has 1 aromatic heterocycles. The van der Waals surface area contributed by atoms with Crippen LogP contribution in [0, 0.1) is 5.82 Å². The number of carbonyl (C=O) groups is 2. The van der Waals surface area contributed by atoms with Gasteiger partial charge in [-0.2, -0.15) is 4.72 Å². The van der Waals surface area contributed by atoms with E-state index in [-0.39, 0.29) is 0 Å². The number of rotatable bonds is 7. The van der Waals surface area contributed by atoms with Gasteiger partial charge in [0.25, 0.3) is 10.0 Å². The molecule has 3 N–H and O–H groups in total. The van der Waals surface area contributed by atoms with Gasteiger partial charge in [0.05, 0.1) is 0 Å². The van der Waals surface area contributed by atoms with E-state index in [0.717, 1.165) is 12.3 Å². The third-order valence-electron chi connectivity index (χ3n) is 2.22. The average Bonchev–Trinajstić information content (AvgIpc) is 2.34. The number of aromatic nitrogens is 1. The van der Waals surface area contributed by atoms with Crippen LogP contribution in [0.3, 0.4) is 0 Å². The summed E-state index contributed by atoms with van der Waals surface area (Å²) in [5, 5.41) is 16.3. The van der Waals surface area contributed by atoms with Crippen LogP contribution in [0.4, 0.5) is 4.39 Å². The number of sulfonamides is 1. The van der Waals surface area contributed by atoms with Crippen molar-refractivity contribution in [2.75, 3.05) is 0 Å². The van der Waals surface area contributed by atoms with Gasteiger partial charge < -0.3 is 10.2 Å². The highest BCUT2D eigenvalue weighted by molar-refractivity contribution is 7.89. The zero-order chi connectivity index (χ0) is 15.3. The zero-order valence-corrected chi connectivity index (χ0v) is 10.8. The maximum Gasteiger partial charge on any atom is 0.321 e. The summed E-state index contributed by atoms with van der Waals surface area (Å²) in [5.74, 6) is -3.98. The average molecular weight is 306 g/mol. The van der Waals surface area contributed by atoms with E-state index in [1.54, 1.807) is 4.72 Å². The minimum Gasteiger partial charge on any atom is -0.481 e. The van der Waals surface area contributed by atoms with E-state index in [4.69, 9.17) is 10.2 Å². The molecule has 0 saturated carbocycles. The fourth-order valence-electron chi connectivity index (χ4n) is 1.31. The number of pyridine rings is 1. The number of carboxylic acids is 2. The molecule has 0 aliphatic carbocycles. The zero-order valence-electron chi connectivity index (χ0n) is 9.98. The Morgan fingerprint density at radius 1 is 1.40 bits per heavy atom. The summed E-state index contributed by atoms with van der Waals surface area (Å²) in [5.41, 5.74) is 0. The highest BCUT2D eigenvalue weighted by Gasteiger charge is 2.28. The Hall–Kier alpha value is -2.07. The van der Waals surface area contributed by atoms with E-state index in [2.05, 4.69) is 4.98 Å². The highest BCUT2D eigenvalue weighted by Crippen LogP contribution is 2.11. The Balaban J connectivity index is 2.95. The molecule has 1 aromatic rings. The normalized spacial score (nSPS) is 12.8. The Labute approximate surface area is 113 Å². The molecule has 20 heavy (non-hydrogen) atoms. The minimum absolute atomic E-state index is 0.474. The van der Waals surface area contributed by atoms with Crippen LogP contribution in [-0.2, 0) is 19.6 Å². The van der Waals surface area contributed by atoms with Crippen molar-refractivity contribution in [1.29, 1.82) is 0 Å². The number of nitrogens with one attached hydrogen (secondary N) is 1. The maximum atomic E-state index is 13.3. The van der Waals surface area contributed by atoms with Crippen molar-refractivity contribution >= 4 is 22.0 Å². The molecule has 0 spiro atoms. The third-order valence-corrected chi connectivity index (χ3v) is 3.63. The van der Waals surface area contributed by atoms with E-state index in [1.807, 2.05) is 0 Å². The van der Waals surface area contributed by atoms with E-state index in [0.29, 0.717) is 0 Å². The minimum atomic E-state index is -4.49. The molecule has 0 saturated heterocycles. The molecule has 0 fully saturated rings. The topological polar surface area (TPSA) is 134 Å². The molecule has 0 radical (unpaired) electrons. The van der Waals surface area contributed by atoms with Gasteiger partial charge in [-0.15, -0.1) is 0 Å². The smallest absolute Gasteiger partial charge is 0.321 e. The second-order valence-electron chi connectivity index (χ2n) is 3.73. The molecule has 110 valence electrons. The quantitative estimate of drug-likeness (QED) is 0.636. The first kappa shape index (κ1) is 16.0. The van der Waals surface area contributed by atoms with Gasteiger partial charge >= 0.3 is 11.9 Å². The van der Waals surface area contributed by atoms with Gasteiger partial charge in [-0.05, 0) is 18.6 Å². The molecule has 0 bridgehead atoms. The predicted octanol–water partition coefficient (Wildman–Crippen LogP) is -0.183. The first-order chi connectivity index (χ1) is 9.24. The van der Waals surface area contributed by atoms with E-state index in [9.17, 15) is 22.4 Å². The lowest BCUT2D eigenvalue weighted by Gasteiger charge is -2.13. The van der Waals surface area contributed by atoms with Crippen LogP contribution in [0.15, 0.2) is 23.4 Å². The van der Waals surface area contributed by atoms with Crippen molar-refractivity contribution in [2.24, 2.45) is 0 Å². The van der Waals surface area contributed by atoms with Crippen LogP contribution in [0.1, 0.15) is 12.8 Å². The molecule has 1 rings (SSSR count). The number of hydrogen-bond acceptors (Lipinski definition) is 5. The molecular weight excluding hydrogens is 295 g/mol. The lowest BCUT2D eigenvalue weighted by molar-refractivity contribution is -0.140. The van der Waals surface area contributed by atoms with Crippen molar-refractivity contribution in [2.45, 2.75) is 23.9 Å². The van der Waals surface area contributed by atoms with Crippen LogP contribution < -0.4 is 4.72 Å². The first-order valence-corrected chi connectivity index (χ1v) is 6.80.